The molecule has 0 saturated heterocycles. The second-order valence-corrected chi connectivity index (χ2v) is 10.4. The van der Waals surface area contributed by atoms with Crippen LogP contribution in [0.4, 0.5) is 4.79 Å². The minimum atomic E-state index is -1.03. The Morgan fingerprint density at radius 2 is 1.60 bits per heavy atom. The Morgan fingerprint density at radius 1 is 0.881 bits per heavy atom. The van der Waals surface area contributed by atoms with Crippen molar-refractivity contribution in [2.24, 2.45) is 0 Å². The highest BCUT2D eigenvalue weighted by molar-refractivity contribution is 5.92. The highest BCUT2D eigenvalue weighted by atomic mass is 16.5. The van der Waals surface area contributed by atoms with Gasteiger partial charge >= 0.3 is 12.1 Å². The molecule has 1 aromatic rings. The van der Waals surface area contributed by atoms with Gasteiger partial charge in [-0.3, -0.25) is 14.4 Å². The van der Waals surface area contributed by atoms with E-state index in [2.05, 4.69) is 21.3 Å². The number of benzene rings is 1. The number of hydrogen-bond donors (Lipinski definition) is 4. The maximum absolute atomic E-state index is 13.2. The number of esters is 1. The van der Waals surface area contributed by atoms with E-state index in [-0.39, 0.29) is 24.6 Å². The van der Waals surface area contributed by atoms with Gasteiger partial charge in [0.2, 0.25) is 17.7 Å². The summed E-state index contributed by atoms with van der Waals surface area (Å²) in [6, 6.07) is 7.17. The summed E-state index contributed by atoms with van der Waals surface area (Å²) in [5, 5.41) is 11.0. The Kier molecular flexibility index (Phi) is 12.3. The van der Waals surface area contributed by atoms with Gasteiger partial charge in [-0.1, -0.05) is 54.1 Å². The second kappa shape index (κ2) is 16.1. The number of ether oxygens (including phenoxy) is 2. The maximum Gasteiger partial charge on any atom is 0.407 e. The van der Waals surface area contributed by atoms with Crippen molar-refractivity contribution in [3.63, 3.8) is 0 Å². The van der Waals surface area contributed by atoms with Crippen LogP contribution in [0, 0.1) is 0 Å². The van der Waals surface area contributed by atoms with Crippen LogP contribution in [0.1, 0.15) is 57.9 Å². The highest BCUT2D eigenvalue weighted by Crippen LogP contribution is 2.24. The van der Waals surface area contributed by atoms with E-state index in [9.17, 15) is 24.0 Å². The summed E-state index contributed by atoms with van der Waals surface area (Å²) in [6.45, 7) is 2.96. The number of carbonyl (C=O) groups excluding carboxylic acids is 5. The van der Waals surface area contributed by atoms with Crippen LogP contribution in [-0.2, 0) is 35.3 Å². The van der Waals surface area contributed by atoms with E-state index >= 15 is 0 Å². The molecule has 0 spiro atoms. The molecule has 226 valence electrons. The van der Waals surface area contributed by atoms with E-state index in [4.69, 9.17) is 9.47 Å². The van der Waals surface area contributed by atoms with Gasteiger partial charge in [0.25, 0.3) is 0 Å². The van der Waals surface area contributed by atoms with Crippen LogP contribution in [0.3, 0.4) is 0 Å². The van der Waals surface area contributed by atoms with Crippen LogP contribution in [0.5, 0.6) is 0 Å². The number of carbonyl (C=O) groups is 5. The van der Waals surface area contributed by atoms with Crippen LogP contribution in [0.15, 0.2) is 65.8 Å². The number of amides is 4. The number of rotatable bonds is 10. The van der Waals surface area contributed by atoms with Crippen molar-refractivity contribution in [3.8, 4) is 0 Å². The Morgan fingerprint density at radius 3 is 2.19 bits per heavy atom. The zero-order valence-corrected chi connectivity index (χ0v) is 24.3. The normalized spacial score (nSPS) is 20.5. The molecular weight excluding hydrogens is 540 g/mol. The SMILES string of the molecule is COC(=O)[C@H](C=C1CCC(NC(C)=O)CC1)NC(=O)[C@@H](/C=C1/C=C[C@H](NC(=O)OCc2ccccc2)CC1)NC(C)=O. The Hall–Kier alpha value is -4.41. The molecule has 0 bridgehead atoms. The first-order chi connectivity index (χ1) is 20.1. The molecule has 2 aliphatic rings. The lowest BCUT2D eigenvalue weighted by Crippen LogP contribution is -2.50. The van der Waals surface area contributed by atoms with E-state index in [0.717, 1.165) is 29.6 Å². The van der Waals surface area contributed by atoms with Crippen LogP contribution >= 0.6 is 0 Å². The van der Waals surface area contributed by atoms with E-state index in [1.165, 1.54) is 21.0 Å². The summed E-state index contributed by atoms with van der Waals surface area (Å²) >= 11 is 0. The Bertz CT molecular complexity index is 1210. The molecule has 1 saturated carbocycles. The molecule has 1 fully saturated rings. The number of alkyl carbamates (subject to hydrolysis) is 1. The molecule has 42 heavy (non-hydrogen) atoms. The Labute approximate surface area is 246 Å². The molecule has 4 N–H and O–H groups in total. The highest BCUT2D eigenvalue weighted by Gasteiger charge is 2.27. The van der Waals surface area contributed by atoms with Gasteiger partial charge in [-0.2, -0.15) is 0 Å². The predicted molar refractivity (Wildman–Crippen MR) is 156 cm³/mol. The molecule has 11 heteroatoms. The van der Waals surface area contributed by atoms with Gasteiger partial charge in [-0.15, -0.1) is 0 Å². The molecule has 3 rings (SSSR count). The van der Waals surface area contributed by atoms with Crippen molar-refractivity contribution in [1.29, 1.82) is 0 Å². The number of hydrogen-bond acceptors (Lipinski definition) is 7. The number of nitrogens with one attached hydrogen (secondary N) is 4. The summed E-state index contributed by atoms with van der Waals surface area (Å²) in [5.74, 6) is -1.67. The van der Waals surface area contributed by atoms with Crippen LogP contribution < -0.4 is 21.3 Å². The monoisotopic (exact) mass is 580 g/mol. The van der Waals surface area contributed by atoms with Crippen LogP contribution in [0.25, 0.3) is 0 Å². The minimum Gasteiger partial charge on any atom is -0.467 e. The lowest BCUT2D eigenvalue weighted by atomic mass is 9.89. The minimum absolute atomic E-state index is 0.0776. The zero-order valence-electron chi connectivity index (χ0n) is 24.3. The first-order valence-electron chi connectivity index (χ1n) is 14.1. The molecule has 11 nitrogen and oxygen atoms in total. The molecule has 2 aliphatic carbocycles. The van der Waals surface area contributed by atoms with E-state index in [1.54, 1.807) is 24.3 Å². The first-order valence-corrected chi connectivity index (χ1v) is 14.1. The van der Waals surface area contributed by atoms with Crippen molar-refractivity contribution in [2.75, 3.05) is 7.11 Å². The topological polar surface area (TPSA) is 152 Å². The molecule has 4 amide bonds. The van der Waals surface area contributed by atoms with Gasteiger partial charge in [-0.05, 0) is 55.7 Å². The fourth-order valence-electron chi connectivity index (χ4n) is 4.89. The third-order valence-corrected chi connectivity index (χ3v) is 7.02. The number of methoxy groups -OCH3 is 1. The quantitative estimate of drug-likeness (QED) is 0.245. The average Bonchev–Trinajstić information content (AvgIpc) is 2.97. The lowest BCUT2D eigenvalue weighted by Gasteiger charge is -2.26. The fourth-order valence-corrected chi connectivity index (χ4v) is 4.89. The van der Waals surface area contributed by atoms with Crippen LogP contribution in [-0.4, -0.2) is 61.1 Å². The van der Waals surface area contributed by atoms with Crippen molar-refractivity contribution in [3.05, 3.63) is 71.3 Å². The second-order valence-electron chi connectivity index (χ2n) is 10.4. The molecule has 0 aromatic heterocycles. The number of allylic oxidation sites excluding steroid dienone is 3. The third kappa shape index (κ3) is 10.9. The summed E-state index contributed by atoms with van der Waals surface area (Å²) in [5.41, 5.74) is 2.67. The van der Waals surface area contributed by atoms with Crippen molar-refractivity contribution < 1.29 is 33.4 Å². The summed E-state index contributed by atoms with van der Waals surface area (Å²) in [4.78, 5) is 61.2. The molecular formula is C31H40N4O7. The van der Waals surface area contributed by atoms with Gasteiger partial charge in [-0.25, -0.2) is 9.59 Å². The van der Waals surface area contributed by atoms with E-state index in [0.29, 0.717) is 25.7 Å². The van der Waals surface area contributed by atoms with Gasteiger partial charge in [0, 0.05) is 19.9 Å². The molecule has 0 aliphatic heterocycles. The predicted octanol–water partition coefficient (Wildman–Crippen LogP) is 2.73. The summed E-state index contributed by atoms with van der Waals surface area (Å²) in [7, 11) is 1.25. The summed E-state index contributed by atoms with van der Waals surface area (Å²) < 4.78 is 10.2. The van der Waals surface area contributed by atoms with E-state index in [1.807, 2.05) is 30.3 Å². The molecule has 0 unspecified atom stereocenters. The molecule has 3 atom stereocenters. The first kappa shape index (κ1) is 32.1. The molecule has 1 aromatic carbocycles. The maximum atomic E-state index is 13.2. The Balaban J connectivity index is 1.60. The van der Waals surface area contributed by atoms with E-state index < -0.39 is 36.0 Å². The third-order valence-electron chi connectivity index (χ3n) is 7.02. The van der Waals surface area contributed by atoms with Gasteiger partial charge in [0.05, 0.1) is 13.2 Å². The average molecular weight is 581 g/mol. The largest absolute Gasteiger partial charge is 0.467 e. The van der Waals surface area contributed by atoms with Gasteiger partial charge < -0.3 is 30.7 Å². The standard InChI is InChI=1S/C31H40N4O7/c1-20(36)32-25-13-9-23(10-14-25)18-28(30(39)41-3)35-29(38)27(33-21(2)37)17-22-11-15-26(16-12-22)34-31(40)42-19-24-7-5-4-6-8-24/h4-8,11,15,17-18,25-28H,9-10,12-14,16,19H2,1-3H3,(H,32,36)(H,33,37)(H,34,40)(H,35,38)/b22-17-,23-18?/t25?,26-,27+,28-/m0/s1. The molecule has 0 heterocycles. The van der Waals surface area contributed by atoms with Crippen LogP contribution in [0.2, 0.25) is 0 Å². The fraction of sp³-hybridized carbons (Fsp3) is 0.452. The summed E-state index contributed by atoms with van der Waals surface area (Å²) in [6.07, 6.45) is 10.3. The van der Waals surface area contributed by atoms with Gasteiger partial charge in [0.15, 0.2) is 0 Å². The smallest absolute Gasteiger partial charge is 0.407 e. The molecule has 0 radical (unpaired) electrons. The lowest BCUT2D eigenvalue weighted by molar-refractivity contribution is -0.143. The van der Waals surface area contributed by atoms with Crippen molar-refractivity contribution in [1.82, 2.24) is 21.3 Å². The van der Waals surface area contributed by atoms with Gasteiger partial charge in [0.1, 0.15) is 18.7 Å². The zero-order chi connectivity index (χ0) is 30.5. The van der Waals surface area contributed by atoms with Crippen molar-refractivity contribution in [2.45, 2.75) is 83.1 Å². The van der Waals surface area contributed by atoms with Crippen molar-refractivity contribution >= 4 is 29.8 Å².